The number of halogens is 2. The predicted molar refractivity (Wildman–Crippen MR) is 68.3 cm³/mol. The van der Waals surface area contributed by atoms with Crippen molar-refractivity contribution >= 4 is 40.8 Å². The molecule has 7 heteroatoms. The number of rotatable bonds is 4. The Kier molecular flexibility index (Phi) is 5.25. The van der Waals surface area contributed by atoms with E-state index < -0.39 is 11.9 Å². The van der Waals surface area contributed by atoms with Gasteiger partial charge in [0.25, 0.3) is 0 Å². The van der Waals surface area contributed by atoms with Crippen molar-refractivity contribution in [2.24, 2.45) is 0 Å². The highest BCUT2D eigenvalue weighted by molar-refractivity contribution is 6.42. The summed E-state index contributed by atoms with van der Waals surface area (Å²) in [6.07, 6.45) is 0. The second kappa shape index (κ2) is 6.47. The van der Waals surface area contributed by atoms with Gasteiger partial charge in [-0.15, -0.1) is 0 Å². The predicted octanol–water partition coefficient (Wildman–Crippen LogP) is 2.36. The third-order valence-corrected chi connectivity index (χ3v) is 2.84. The standard InChI is InChI=1S/C11H11Cl2NO4/c1-17-10(15)5-14-9-4-8(13)7(12)3-6(9)11(16)18-2/h3-4,14H,5H2,1-2H3. The zero-order chi connectivity index (χ0) is 13.7. The average molecular weight is 292 g/mol. The highest BCUT2D eigenvalue weighted by atomic mass is 35.5. The zero-order valence-electron chi connectivity index (χ0n) is 9.75. The summed E-state index contributed by atoms with van der Waals surface area (Å²) in [5, 5.41) is 3.21. The van der Waals surface area contributed by atoms with Crippen LogP contribution in [0, 0.1) is 0 Å². The van der Waals surface area contributed by atoms with Crippen LogP contribution in [0.25, 0.3) is 0 Å². The molecular weight excluding hydrogens is 281 g/mol. The second-order valence-corrected chi connectivity index (χ2v) is 4.05. The van der Waals surface area contributed by atoms with Crippen LogP contribution in [0.2, 0.25) is 10.0 Å². The van der Waals surface area contributed by atoms with Crippen LogP contribution in [0.5, 0.6) is 0 Å². The quantitative estimate of drug-likeness (QED) is 0.863. The minimum absolute atomic E-state index is 0.0988. The number of nitrogens with one attached hydrogen (secondary N) is 1. The van der Waals surface area contributed by atoms with E-state index in [1.165, 1.54) is 26.4 Å². The van der Waals surface area contributed by atoms with Crippen LogP contribution < -0.4 is 5.32 Å². The van der Waals surface area contributed by atoms with Gasteiger partial charge < -0.3 is 14.8 Å². The van der Waals surface area contributed by atoms with E-state index in [4.69, 9.17) is 23.2 Å². The van der Waals surface area contributed by atoms with Crippen molar-refractivity contribution in [2.45, 2.75) is 0 Å². The maximum Gasteiger partial charge on any atom is 0.340 e. The molecule has 0 aliphatic carbocycles. The summed E-state index contributed by atoms with van der Waals surface area (Å²) in [6, 6.07) is 2.81. The van der Waals surface area contributed by atoms with Crippen molar-refractivity contribution in [3.05, 3.63) is 27.7 Å². The molecule has 0 aromatic heterocycles. The molecule has 0 radical (unpaired) electrons. The molecule has 98 valence electrons. The third-order valence-electron chi connectivity index (χ3n) is 2.12. The molecule has 1 aromatic carbocycles. The second-order valence-electron chi connectivity index (χ2n) is 3.23. The van der Waals surface area contributed by atoms with Gasteiger partial charge in [-0.25, -0.2) is 4.79 Å². The molecule has 0 fully saturated rings. The van der Waals surface area contributed by atoms with Gasteiger partial charge in [-0.05, 0) is 12.1 Å². The van der Waals surface area contributed by atoms with Gasteiger partial charge in [0.1, 0.15) is 6.54 Å². The van der Waals surface area contributed by atoms with Gasteiger partial charge in [-0.1, -0.05) is 23.2 Å². The largest absolute Gasteiger partial charge is 0.468 e. The van der Waals surface area contributed by atoms with E-state index in [0.29, 0.717) is 5.69 Å². The first-order valence-electron chi connectivity index (χ1n) is 4.87. The smallest absolute Gasteiger partial charge is 0.340 e. The highest BCUT2D eigenvalue weighted by Crippen LogP contribution is 2.29. The number of ether oxygens (including phenoxy) is 2. The Morgan fingerprint density at radius 3 is 2.33 bits per heavy atom. The molecule has 0 bridgehead atoms. The van der Waals surface area contributed by atoms with Crippen LogP contribution in [-0.4, -0.2) is 32.7 Å². The van der Waals surface area contributed by atoms with E-state index in [0.717, 1.165) is 0 Å². The minimum atomic E-state index is -0.582. The van der Waals surface area contributed by atoms with Crippen LogP contribution in [0.3, 0.4) is 0 Å². The van der Waals surface area contributed by atoms with Crippen molar-refractivity contribution in [1.29, 1.82) is 0 Å². The Morgan fingerprint density at radius 2 is 1.78 bits per heavy atom. The fraction of sp³-hybridized carbons (Fsp3) is 0.273. The molecule has 0 spiro atoms. The summed E-state index contributed by atoms with van der Waals surface area (Å²) in [5.41, 5.74) is 0.539. The topological polar surface area (TPSA) is 64.6 Å². The first kappa shape index (κ1) is 14.6. The summed E-state index contributed by atoms with van der Waals surface area (Å²) in [4.78, 5) is 22.6. The molecule has 18 heavy (non-hydrogen) atoms. The van der Waals surface area contributed by atoms with E-state index in [9.17, 15) is 9.59 Å². The van der Waals surface area contributed by atoms with Crippen molar-refractivity contribution in [3.8, 4) is 0 Å². The highest BCUT2D eigenvalue weighted by Gasteiger charge is 2.15. The van der Waals surface area contributed by atoms with Crippen LogP contribution in [0.4, 0.5) is 5.69 Å². The lowest BCUT2D eigenvalue weighted by Crippen LogP contribution is -2.17. The number of esters is 2. The van der Waals surface area contributed by atoms with Crippen molar-refractivity contribution in [3.63, 3.8) is 0 Å². The van der Waals surface area contributed by atoms with Crippen molar-refractivity contribution in [1.82, 2.24) is 0 Å². The van der Waals surface area contributed by atoms with E-state index in [1.807, 2.05) is 0 Å². The van der Waals surface area contributed by atoms with Gasteiger partial charge in [-0.2, -0.15) is 0 Å². The Morgan fingerprint density at radius 1 is 1.17 bits per heavy atom. The molecular formula is C11H11Cl2NO4. The van der Waals surface area contributed by atoms with E-state index in [1.54, 1.807) is 0 Å². The monoisotopic (exact) mass is 291 g/mol. The number of anilines is 1. The molecule has 0 atom stereocenters. The van der Waals surface area contributed by atoms with Crippen LogP contribution in [0.15, 0.2) is 12.1 Å². The lowest BCUT2D eigenvalue weighted by Gasteiger charge is -2.11. The van der Waals surface area contributed by atoms with E-state index in [-0.39, 0.29) is 22.2 Å². The van der Waals surface area contributed by atoms with Crippen molar-refractivity contribution in [2.75, 3.05) is 26.1 Å². The molecule has 0 heterocycles. The minimum Gasteiger partial charge on any atom is -0.468 e. The molecule has 1 rings (SSSR count). The SMILES string of the molecule is COC(=O)CNc1cc(Cl)c(Cl)cc1C(=O)OC. The number of carbonyl (C=O) groups excluding carboxylic acids is 2. The molecule has 1 aromatic rings. The fourth-order valence-electron chi connectivity index (χ4n) is 1.21. The summed E-state index contributed by atoms with van der Waals surface area (Å²) in [7, 11) is 2.51. The third kappa shape index (κ3) is 3.51. The first-order chi connectivity index (χ1) is 8.49. The van der Waals surface area contributed by atoms with Crippen molar-refractivity contribution < 1.29 is 19.1 Å². The first-order valence-corrected chi connectivity index (χ1v) is 5.63. The Hall–Kier alpha value is -1.46. The lowest BCUT2D eigenvalue weighted by atomic mass is 10.1. The lowest BCUT2D eigenvalue weighted by molar-refractivity contribution is -0.138. The molecule has 5 nitrogen and oxygen atoms in total. The van der Waals surface area contributed by atoms with Gasteiger partial charge in [-0.3, -0.25) is 4.79 Å². The molecule has 0 amide bonds. The van der Waals surface area contributed by atoms with Gasteiger partial charge >= 0.3 is 11.9 Å². The maximum atomic E-state index is 11.5. The summed E-state index contributed by atoms with van der Waals surface area (Å²) >= 11 is 11.7. The van der Waals surface area contributed by atoms with Gasteiger partial charge in [0.2, 0.25) is 0 Å². The Bertz CT molecular complexity index is 476. The molecule has 0 aliphatic heterocycles. The Labute approximate surface area is 114 Å². The van der Waals surface area contributed by atoms with E-state index in [2.05, 4.69) is 14.8 Å². The number of benzene rings is 1. The summed E-state index contributed by atoms with van der Waals surface area (Å²) < 4.78 is 9.08. The molecule has 0 saturated carbocycles. The van der Waals surface area contributed by atoms with E-state index >= 15 is 0 Å². The van der Waals surface area contributed by atoms with Gasteiger partial charge in [0, 0.05) is 0 Å². The van der Waals surface area contributed by atoms with Crippen LogP contribution >= 0.6 is 23.2 Å². The number of hydrogen-bond acceptors (Lipinski definition) is 5. The molecule has 0 saturated heterocycles. The zero-order valence-corrected chi connectivity index (χ0v) is 11.3. The Balaban J connectivity index is 3.04. The number of methoxy groups -OCH3 is 2. The van der Waals surface area contributed by atoms with Crippen LogP contribution in [-0.2, 0) is 14.3 Å². The number of hydrogen-bond donors (Lipinski definition) is 1. The molecule has 0 aliphatic rings. The number of carbonyl (C=O) groups is 2. The van der Waals surface area contributed by atoms with Gasteiger partial charge in [0.05, 0.1) is 35.5 Å². The van der Waals surface area contributed by atoms with Crippen LogP contribution in [0.1, 0.15) is 10.4 Å². The van der Waals surface area contributed by atoms with Gasteiger partial charge in [0.15, 0.2) is 0 Å². The summed E-state index contributed by atoms with van der Waals surface area (Å²) in [6.45, 7) is -0.0988. The molecule has 0 unspecified atom stereocenters. The average Bonchev–Trinajstić information content (AvgIpc) is 2.38. The summed E-state index contributed by atoms with van der Waals surface area (Å²) in [5.74, 6) is -1.06. The molecule has 1 N–H and O–H groups in total. The maximum absolute atomic E-state index is 11.5. The fourth-order valence-corrected chi connectivity index (χ4v) is 1.54. The normalized spacial score (nSPS) is 9.78.